The molecular formula is C15H21BrFIN6. The lowest BCUT2D eigenvalue weighted by Gasteiger charge is -2.11. The van der Waals surface area contributed by atoms with Crippen LogP contribution in [0.5, 0.6) is 0 Å². The van der Waals surface area contributed by atoms with Crippen molar-refractivity contribution in [1.82, 2.24) is 25.4 Å². The monoisotopic (exact) mass is 510 g/mol. The highest BCUT2D eigenvalue weighted by atomic mass is 127. The molecule has 2 aromatic rings. The molecule has 1 aromatic carbocycles. The quantitative estimate of drug-likeness (QED) is 0.356. The second-order valence-corrected chi connectivity index (χ2v) is 5.77. The first kappa shape index (κ1) is 20.8. The first-order chi connectivity index (χ1) is 11.1. The number of halogens is 3. The molecule has 9 heteroatoms. The number of nitrogens with one attached hydrogen (secondary N) is 2. The van der Waals surface area contributed by atoms with Crippen LogP contribution in [0.2, 0.25) is 0 Å². The van der Waals surface area contributed by atoms with E-state index in [0.29, 0.717) is 17.6 Å². The second-order valence-electron chi connectivity index (χ2n) is 4.92. The number of hydrogen-bond donors (Lipinski definition) is 2. The third-order valence-corrected chi connectivity index (χ3v) is 3.83. The Hall–Kier alpha value is -1.23. The molecule has 0 saturated carbocycles. The van der Waals surface area contributed by atoms with E-state index in [2.05, 4.69) is 41.6 Å². The summed E-state index contributed by atoms with van der Waals surface area (Å²) in [6.07, 6.45) is 2.28. The fourth-order valence-corrected chi connectivity index (χ4v) is 2.40. The standard InChI is InChI=1S/C15H20BrFN6.HI/c1-3-18-15(20-9-14-21-10-22-23(14)2)19-7-6-11-4-5-13(17)12(16)8-11;/h4-5,8,10H,3,6-7,9H2,1-2H3,(H2,18,19,20);1H. The van der Waals surface area contributed by atoms with Gasteiger partial charge in [0.15, 0.2) is 5.96 Å². The maximum atomic E-state index is 13.2. The zero-order chi connectivity index (χ0) is 16.7. The van der Waals surface area contributed by atoms with Gasteiger partial charge in [0.2, 0.25) is 0 Å². The van der Waals surface area contributed by atoms with Crippen molar-refractivity contribution >= 4 is 45.9 Å². The molecule has 0 bridgehead atoms. The van der Waals surface area contributed by atoms with Gasteiger partial charge in [-0.25, -0.2) is 14.4 Å². The Kier molecular flexibility index (Phi) is 9.19. The van der Waals surface area contributed by atoms with Gasteiger partial charge in [-0.3, -0.25) is 4.68 Å². The van der Waals surface area contributed by atoms with Gasteiger partial charge in [0, 0.05) is 20.1 Å². The highest BCUT2D eigenvalue weighted by Crippen LogP contribution is 2.16. The van der Waals surface area contributed by atoms with Gasteiger partial charge >= 0.3 is 0 Å². The van der Waals surface area contributed by atoms with Crippen molar-refractivity contribution < 1.29 is 4.39 Å². The molecule has 2 N–H and O–H groups in total. The number of benzene rings is 1. The Labute approximate surface area is 166 Å². The van der Waals surface area contributed by atoms with E-state index in [1.54, 1.807) is 16.8 Å². The van der Waals surface area contributed by atoms with Gasteiger partial charge < -0.3 is 10.6 Å². The van der Waals surface area contributed by atoms with Crippen molar-refractivity contribution in [2.45, 2.75) is 19.9 Å². The molecule has 0 aliphatic rings. The molecule has 0 aliphatic heterocycles. The van der Waals surface area contributed by atoms with Crippen LogP contribution in [0, 0.1) is 5.82 Å². The molecule has 132 valence electrons. The molecular weight excluding hydrogens is 490 g/mol. The highest BCUT2D eigenvalue weighted by Gasteiger charge is 2.03. The van der Waals surface area contributed by atoms with E-state index in [1.165, 1.54) is 12.4 Å². The summed E-state index contributed by atoms with van der Waals surface area (Å²) in [7, 11) is 1.84. The van der Waals surface area contributed by atoms with Gasteiger partial charge in [-0.1, -0.05) is 6.07 Å². The van der Waals surface area contributed by atoms with E-state index in [1.807, 2.05) is 14.0 Å². The minimum Gasteiger partial charge on any atom is -0.357 e. The number of rotatable bonds is 6. The topological polar surface area (TPSA) is 67.1 Å². The van der Waals surface area contributed by atoms with Crippen molar-refractivity contribution in [2.75, 3.05) is 13.1 Å². The number of nitrogens with zero attached hydrogens (tertiary/aromatic N) is 4. The van der Waals surface area contributed by atoms with E-state index in [4.69, 9.17) is 0 Å². The zero-order valence-corrected chi connectivity index (χ0v) is 17.5. The van der Waals surface area contributed by atoms with E-state index >= 15 is 0 Å². The lowest BCUT2D eigenvalue weighted by atomic mass is 10.1. The minimum atomic E-state index is -0.250. The summed E-state index contributed by atoms with van der Waals surface area (Å²) in [5.41, 5.74) is 1.05. The Morgan fingerprint density at radius 3 is 2.79 bits per heavy atom. The largest absolute Gasteiger partial charge is 0.357 e. The normalized spacial score (nSPS) is 11.1. The second kappa shape index (κ2) is 10.6. The average molecular weight is 511 g/mol. The maximum absolute atomic E-state index is 13.2. The molecule has 24 heavy (non-hydrogen) atoms. The molecule has 0 aliphatic carbocycles. The predicted molar refractivity (Wildman–Crippen MR) is 107 cm³/mol. The zero-order valence-electron chi connectivity index (χ0n) is 13.6. The summed E-state index contributed by atoms with van der Waals surface area (Å²) in [6, 6.07) is 5.04. The fraction of sp³-hybridized carbons (Fsp3) is 0.400. The Morgan fingerprint density at radius 1 is 1.38 bits per heavy atom. The molecule has 1 heterocycles. The first-order valence-electron chi connectivity index (χ1n) is 7.39. The number of aliphatic imine (C=N–C) groups is 1. The molecule has 2 rings (SSSR count). The smallest absolute Gasteiger partial charge is 0.191 e. The number of guanidine groups is 1. The predicted octanol–water partition coefficient (Wildman–Crippen LogP) is 2.63. The molecule has 1 aromatic heterocycles. The molecule has 0 fully saturated rings. The molecule has 0 spiro atoms. The Morgan fingerprint density at radius 2 is 2.17 bits per heavy atom. The van der Waals surface area contributed by atoms with Crippen LogP contribution >= 0.6 is 39.9 Å². The van der Waals surface area contributed by atoms with Gasteiger partial charge in [0.05, 0.1) is 4.47 Å². The molecule has 0 unspecified atom stereocenters. The third kappa shape index (κ3) is 6.34. The van der Waals surface area contributed by atoms with E-state index in [-0.39, 0.29) is 29.8 Å². The SMILES string of the molecule is CCNC(=NCc1ncnn1C)NCCc1ccc(F)c(Br)c1.I. The number of aromatic nitrogens is 3. The lowest BCUT2D eigenvalue weighted by molar-refractivity contribution is 0.620. The molecule has 0 atom stereocenters. The van der Waals surface area contributed by atoms with Crippen LogP contribution in [0.25, 0.3) is 0 Å². The van der Waals surface area contributed by atoms with Gasteiger partial charge in [-0.2, -0.15) is 5.10 Å². The summed E-state index contributed by atoms with van der Waals surface area (Å²) in [5.74, 6) is 1.27. The summed E-state index contributed by atoms with van der Waals surface area (Å²) in [4.78, 5) is 8.62. The summed E-state index contributed by atoms with van der Waals surface area (Å²) in [6.45, 7) is 3.93. The van der Waals surface area contributed by atoms with Crippen molar-refractivity contribution in [3.8, 4) is 0 Å². The summed E-state index contributed by atoms with van der Waals surface area (Å²) >= 11 is 3.20. The van der Waals surface area contributed by atoms with E-state index in [0.717, 1.165) is 30.3 Å². The molecule has 0 saturated heterocycles. The third-order valence-electron chi connectivity index (χ3n) is 3.22. The Bertz CT molecular complexity index is 676. The average Bonchev–Trinajstić information content (AvgIpc) is 2.93. The van der Waals surface area contributed by atoms with Crippen LogP contribution < -0.4 is 10.6 Å². The highest BCUT2D eigenvalue weighted by molar-refractivity contribution is 14.0. The Balaban J connectivity index is 0.00000288. The number of aryl methyl sites for hydroxylation is 1. The van der Waals surface area contributed by atoms with Gasteiger partial charge in [0.1, 0.15) is 24.5 Å². The number of hydrogen-bond acceptors (Lipinski definition) is 3. The van der Waals surface area contributed by atoms with Crippen LogP contribution in [-0.4, -0.2) is 33.8 Å². The van der Waals surface area contributed by atoms with E-state index < -0.39 is 0 Å². The molecule has 0 radical (unpaired) electrons. The minimum absolute atomic E-state index is 0. The summed E-state index contributed by atoms with van der Waals surface area (Å²) in [5, 5.41) is 10.5. The first-order valence-corrected chi connectivity index (χ1v) is 8.18. The van der Waals surface area contributed by atoms with Crippen molar-refractivity contribution in [2.24, 2.45) is 12.0 Å². The lowest BCUT2D eigenvalue weighted by Crippen LogP contribution is -2.38. The van der Waals surface area contributed by atoms with Crippen LogP contribution in [0.3, 0.4) is 0 Å². The van der Waals surface area contributed by atoms with Crippen molar-refractivity contribution in [1.29, 1.82) is 0 Å². The van der Waals surface area contributed by atoms with Crippen molar-refractivity contribution in [3.63, 3.8) is 0 Å². The fourth-order valence-electron chi connectivity index (χ4n) is 1.98. The van der Waals surface area contributed by atoms with Crippen LogP contribution in [0.4, 0.5) is 4.39 Å². The maximum Gasteiger partial charge on any atom is 0.191 e. The van der Waals surface area contributed by atoms with Gasteiger partial charge in [-0.05, 0) is 47.0 Å². The van der Waals surface area contributed by atoms with Gasteiger partial charge in [0.25, 0.3) is 0 Å². The molecule has 0 amide bonds. The van der Waals surface area contributed by atoms with Crippen LogP contribution in [0.15, 0.2) is 34.0 Å². The van der Waals surface area contributed by atoms with Crippen LogP contribution in [0.1, 0.15) is 18.3 Å². The van der Waals surface area contributed by atoms with Crippen molar-refractivity contribution in [3.05, 3.63) is 46.2 Å². The van der Waals surface area contributed by atoms with E-state index in [9.17, 15) is 4.39 Å². The molecule has 6 nitrogen and oxygen atoms in total. The van der Waals surface area contributed by atoms with Crippen LogP contribution in [-0.2, 0) is 20.0 Å². The summed E-state index contributed by atoms with van der Waals surface area (Å²) < 4.78 is 15.4. The van der Waals surface area contributed by atoms with Gasteiger partial charge in [-0.15, -0.1) is 24.0 Å².